The molecule has 0 N–H and O–H groups in total. The van der Waals surface area contributed by atoms with E-state index in [4.69, 9.17) is 0 Å². The molecule has 15 heteroatoms. The van der Waals surface area contributed by atoms with Gasteiger partial charge in [0.15, 0.2) is 0 Å². The minimum atomic E-state index is -6.31. The van der Waals surface area contributed by atoms with Gasteiger partial charge in [0.2, 0.25) is 0 Å². The monoisotopic (exact) mass is 448 g/mol. The summed E-state index contributed by atoms with van der Waals surface area (Å²) in [5.74, 6) is -27.3. The van der Waals surface area contributed by atoms with E-state index in [2.05, 4.69) is 4.74 Å². The lowest BCUT2D eigenvalue weighted by Gasteiger charge is -2.31. The molecule has 0 bridgehead atoms. The Morgan fingerprint density at radius 3 is 1.07 bits per heavy atom. The zero-order valence-electron chi connectivity index (χ0n) is 13.6. The van der Waals surface area contributed by atoms with E-state index in [1.807, 2.05) is 0 Å². The van der Waals surface area contributed by atoms with E-state index in [1.165, 1.54) is 0 Å². The molecule has 0 saturated carbocycles. The molecule has 28 heavy (non-hydrogen) atoms. The number of alkyl halides is 13. The van der Waals surface area contributed by atoms with Crippen LogP contribution in [-0.4, -0.2) is 48.9 Å². The van der Waals surface area contributed by atoms with Gasteiger partial charge in [-0.25, -0.2) is 0 Å². The molecular formula is C13H13F13O2. The summed E-state index contributed by atoms with van der Waals surface area (Å²) in [6.45, 7) is -1.62. The molecular weight excluding hydrogens is 435 g/mol. The standard InChI is InChI=1S/C13H13F13O2/c14-8(15,9(16,17)3-4-12(22,23)13(24,25)26)1-2-10(18,19)11(20,21)5-6-28-7-27/h7H,1-6H2. The Balaban J connectivity index is 5.07. The van der Waals surface area contributed by atoms with Crippen LogP contribution in [0.4, 0.5) is 57.1 Å². The molecule has 2 nitrogen and oxygen atoms in total. The normalized spacial score (nSPS) is 14.9. The van der Waals surface area contributed by atoms with Crippen molar-refractivity contribution in [1.82, 2.24) is 0 Å². The van der Waals surface area contributed by atoms with E-state index >= 15 is 0 Å². The molecule has 0 atom stereocenters. The summed E-state index contributed by atoms with van der Waals surface area (Å²) >= 11 is 0. The van der Waals surface area contributed by atoms with E-state index in [1.54, 1.807) is 0 Å². The molecule has 0 aliphatic heterocycles. The van der Waals surface area contributed by atoms with E-state index < -0.39 is 74.5 Å². The minimum absolute atomic E-state index is 0.375. The molecule has 0 aromatic heterocycles. The fraction of sp³-hybridized carbons (Fsp3) is 0.923. The van der Waals surface area contributed by atoms with Crippen LogP contribution in [0.5, 0.6) is 0 Å². The summed E-state index contributed by atoms with van der Waals surface area (Å²) < 4.78 is 171. The van der Waals surface area contributed by atoms with Gasteiger partial charge in [-0.3, -0.25) is 4.79 Å². The molecule has 0 spiro atoms. The summed E-state index contributed by atoms with van der Waals surface area (Å²) in [6, 6.07) is 0. The van der Waals surface area contributed by atoms with Crippen molar-refractivity contribution >= 4 is 6.47 Å². The quantitative estimate of drug-likeness (QED) is 0.213. The van der Waals surface area contributed by atoms with E-state index in [0.29, 0.717) is 0 Å². The second kappa shape index (κ2) is 8.51. The third kappa shape index (κ3) is 6.57. The van der Waals surface area contributed by atoms with Crippen molar-refractivity contribution in [3.05, 3.63) is 0 Å². The summed E-state index contributed by atoms with van der Waals surface area (Å²) in [6.07, 6.45) is -18.8. The van der Waals surface area contributed by atoms with Gasteiger partial charge in [-0.15, -0.1) is 0 Å². The van der Waals surface area contributed by atoms with Crippen molar-refractivity contribution in [3.8, 4) is 0 Å². The van der Waals surface area contributed by atoms with Gasteiger partial charge in [0.25, 0.3) is 6.47 Å². The number of ether oxygens (including phenoxy) is 1. The van der Waals surface area contributed by atoms with Crippen molar-refractivity contribution in [2.45, 2.75) is 67.9 Å². The zero-order valence-corrected chi connectivity index (χ0v) is 13.6. The fourth-order valence-electron chi connectivity index (χ4n) is 1.74. The maximum Gasteiger partial charge on any atom is 0.453 e. The fourth-order valence-corrected chi connectivity index (χ4v) is 1.74. The third-order valence-electron chi connectivity index (χ3n) is 3.59. The van der Waals surface area contributed by atoms with Crippen LogP contribution in [-0.2, 0) is 9.53 Å². The van der Waals surface area contributed by atoms with E-state index in [0.717, 1.165) is 0 Å². The van der Waals surface area contributed by atoms with Crippen LogP contribution >= 0.6 is 0 Å². The maximum absolute atomic E-state index is 13.4. The molecule has 0 radical (unpaired) electrons. The summed E-state index contributed by atoms with van der Waals surface area (Å²) in [5.41, 5.74) is 0. The average Bonchev–Trinajstić information content (AvgIpc) is 2.50. The highest BCUT2D eigenvalue weighted by atomic mass is 19.4. The Hall–Kier alpha value is -1.44. The van der Waals surface area contributed by atoms with Crippen LogP contribution < -0.4 is 0 Å². The lowest BCUT2D eigenvalue weighted by molar-refractivity contribution is -0.295. The first-order valence-electron chi connectivity index (χ1n) is 7.23. The van der Waals surface area contributed by atoms with E-state index in [-0.39, 0.29) is 6.47 Å². The van der Waals surface area contributed by atoms with Gasteiger partial charge in [0, 0.05) is 25.7 Å². The van der Waals surface area contributed by atoms with Gasteiger partial charge in [-0.2, -0.15) is 57.1 Å². The van der Waals surface area contributed by atoms with Gasteiger partial charge in [-0.05, 0) is 0 Å². The second-order valence-electron chi connectivity index (χ2n) is 5.74. The maximum atomic E-state index is 13.4. The van der Waals surface area contributed by atoms with Crippen LogP contribution in [0.3, 0.4) is 0 Å². The Kier molecular flexibility index (Phi) is 8.07. The number of rotatable bonds is 12. The highest BCUT2D eigenvalue weighted by molar-refractivity contribution is 5.36. The van der Waals surface area contributed by atoms with Gasteiger partial charge in [0.1, 0.15) is 0 Å². The van der Waals surface area contributed by atoms with Crippen molar-refractivity contribution in [2.75, 3.05) is 6.61 Å². The van der Waals surface area contributed by atoms with Crippen molar-refractivity contribution < 1.29 is 66.6 Å². The molecule has 0 unspecified atom stereocenters. The number of hydrogen-bond acceptors (Lipinski definition) is 2. The Labute approximate surface area is 149 Å². The van der Waals surface area contributed by atoms with Crippen LogP contribution in [0.1, 0.15) is 32.1 Å². The molecule has 0 aromatic carbocycles. The van der Waals surface area contributed by atoms with Gasteiger partial charge in [-0.1, -0.05) is 0 Å². The van der Waals surface area contributed by atoms with Crippen molar-refractivity contribution in [1.29, 1.82) is 0 Å². The summed E-state index contributed by atoms with van der Waals surface area (Å²) in [7, 11) is 0. The molecule has 0 amide bonds. The lowest BCUT2D eigenvalue weighted by atomic mass is 9.95. The summed E-state index contributed by atoms with van der Waals surface area (Å²) in [4.78, 5) is 9.74. The molecule has 0 aliphatic rings. The Morgan fingerprint density at radius 2 is 0.786 bits per heavy atom. The Bertz CT molecular complexity index is 513. The predicted molar refractivity (Wildman–Crippen MR) is 65.9 cm³/mol. The number of halogens is 13. The molecule has 0 fully saturated rings. The lowest BCUT2D eigenvalue weighted by Crippen LogP contribution is -2.47. The summed E-state index contributed by atoms with van der Waals surface area (Å²) in [5, 5.41) is 0. The number of carbonyl (C=O) groups is 1. The molecule has 168 valence electrons. The minimum Gasteiger partial charge on any atom is -0.468 e. The SMILES string of the molecule is O=COCCC(F)(F)C(F)(F)CCC(F)(F)C(F)(F)CCC(F)(F)C(F)(F)F. The zero-order chi connectivity index (χ0) is 22.7. The average molecular weight is 448 g/mol. The van der Waals surface area contributed by atoms with E-state index in [9.17, 15) is 61.9 Å². The molecule has 0 heterocycles. The first kappa shape index (κ1) is 26.6. The van der Waals surface area contributed by atoms with Crippen molar-refractivity contribution in [3.63, 3.8) is 0 Å². The second-order valence-corrected chi connectivity index (χ2v) is 5.74. The smallest absolute Gasteiger partial charge is 0.453 e. The topological polar surface area (TPSA) is 26.3 Å². The third-order valence-corrected chi connectivity index (χ3v) is 3.59. The molecule has 0 rings (SSSR count). The largest absolute Gasteiger partial charge is 0.468 e. The number of carbonyl (C=O) groups excluding carboxylic acids is 1. The highest BCUT2D eigenvalue weighted by Gasteiger charge is 2.63. The van der Waals surface area contributed by atoms with Crippen LogP contribution in [0.15, 0.2) is 0 Å². The first-order valence-corrected chi connectivity index (χ1v) is 7.23. The molecule has 0 aromatic rings. The van der Waals surface area contributed by atoms with Gasteiger partial charge in [0.05, 0.1) is 13.0 Å². The molecule has 0 saturated heterocycles. The van der Waals surface area contributed by atoms with Crippen LogP contribution in [0, 0.1) is 0 Å². The van der Waals surface area contributed by atoms with Crippen molar-refractivity contribution in [2.24, 2.45) is 0 Å². The number of hydrogen-bond donors (Lipinski definition) is 0. The van der Waals surface area contributed by atoms with Crippen LogP contribution in [0.25, 0.3) is 0 Å². The van der Waals surface area contributed by atoms with Crippen LogP contribution in [0.2, 0.25) is 0 Å². The van der Waals surface area contributed by atoms with Gasteiger partial charge < -0.3 is 4.74 Å². The predicted octanol–water partition coefficient (Wildman–Crippen LogP) is 5.85. The molecule has 0 aliphatic carbocycles. The Morgan fingerprint density at radius 1 is 0.500 bits per heavy atom. The first-order chi connectivity index (χ1) is 12.2. The van der Waals surface area contributed by atoms with Gasteiger partial charge >= 0.3 is 35.8 Å². The highest BCUT2D eigenvalue weighted by Crippen LogP contribution is 2.48.